The van der Waals surface area contributed by atoms with Gasteiger partial charge in [0.2, 0.25) is 0 Å². The van der Waals surface area contributed by atoms with Crippen LogP contribution in [0, 0.1) is 5.41 Å². The highest BCUT2D eigenvalue weighted by Gasteiger charge is 2.40. The van der Waals surface area contributed by atoms with Gasteiger partial charge in [-0.1, -0.05) is 26.8 Å². The third-order valence-electron chi connectivity index (χ3n) is 5.70. The number of aryl methyl sites for hydroxylation is 1. The fourth-order valence-electron chi connectivity index (χ4n) is 4.44. The van der Waals surface area contributed by atoms with Gasteiger partial charge in [-0.3, -0.25) is 4.90 Å². The number of hydrogen-bond acceptors (Lipinski definition) is 5. The summed E-state index contributed by atoms with van der Waals surface area (Å²) in [4.78, 5) is 14.2. The summed E-state index contributed by atoms with van der Waals surface area (Å²) < 4.78 is 18.6. The zero-order valence-electron chi connectivity index (χ0n) is 20.3. The molecule has 3 atom stereocenters. The molecule has 0 aromatic heterocycles. The van der Waals surface area contributed by atoms with Gasteiger partial charge >= 0.3 is 6.09 Å². The lowest BCUT2D eigenvalue weighted by Crippen LogP contribution is -2.48. The molecule has 0 spiro atoms. The molecule has 0 radical (unpaired) electrons. The van der Waals surface area contributed by atoms with Crippen LogP contribution in [0.2, 0.25) is 13.1 Å². The van der Waals surface area contributed by atoms with E-state index in [0.717, 1.165) is 29.7 Å². The van der Waals surface area contributed by atoms with Crippen LogP contribution >= 0.6 is 0 Å². The smallest absolute Gasteiger partial charge is 0.416 e. The molecule has 3 rings (SSSR count). The minimum Gasteiger partial charge on any atom is -0.487 e. The van der Waals surface area contributed by atoms with Gasteiger partial charge < -0.3 is 19.0 Å². The summed E-state index contributed by atoms with van der Waals surface area (Å²) >= 11 is 0. The number of hydrogen-bond donors (Lipinski definition) is 1. The van der Waals surface area contributed by atoms with Gasteiger partial charge in [0, 0.05) is 5.56 Å². The van der Waals surface area contributed by atoms with Crippen molar-refractivity contribution in [2.45, 2.75) is 104 Å². The molecule has 0 bridgehead atoms. The van der Waals surface area contributed by atoms with Crippen LogP contribution in [0.4, 0.5) is 10.5 Å². The zero-order valence-corrected chi connectivity index (χ0v) is 21.5. The molecule has 0 saturated heterocycles. The third-order valence-corrected chi connectivity index (χ3v) is 6.53. The first kappa shape index (κ1) is 24.1. The fraction of sp³-hybridized carbons (Fsp3) is 0.708. The largest absolute Gasteiger partial charge is 0.487 e. The molecule has 1 amide bonds. The van der Waals surface area contributed by atoms with Crippen molar-refractivity contribution < 1.29 is 23.8 Å². The minimum atomic E-state index is -1.25. The summed E-state index contributed by atoms with van der Waals surface area (Å²) in [7, 11) is -1.25. The van der Waals surface area contributed by atoms with Crippen LogP contribution < -0.4 is 9.64 Å². The van der Waals surface area contributed by atoms with E-state index in [-0.39, 0.29) is 17.6 Å². The van der Waals surface area contributed by atoms with Crippen LogP contribution in [0.15, 0.2) is 12.1 Å². The molecule has 1 aromatic carbocycles. The van der Waals surface area contributed by atoms with E-state index in [9.17, 15) is 9.90 Å². The summed E-state index contributed by atoms with van der Waals surface area (Å²) in [6.45, 7) is 16.5. The van der Waals surface area contributed by atoms with Crippen molar-refractivity contribution in [1.82, 2.24) is 0 Å². The molecule has 2 heterocycles. The standard InChI is InChI=1S/C24H39NO5Si/c1-23(2,3)21(30-31(7)8)18-13-10-15-9-12-17-16(20(15)28-18)11-14-19(26)25(17)22(27)29-24(4,5)6/h9,12,18-19,21,26,31H,10-11,13-14H2,1-8H3/t18-,19?,21?/m1/s1. The number of fused-ring (bicyclic) bond motifs is 3. The van der Waals surface area contributed by atoms with Gasteiger partial charge in [-0.05, 0) is 76.6 Å². The van der Waals surface area contributed by atoms with Crippen LogP contribution in [0.5, 0.6) is 5.75 Å². The molecule has 6 nitrogen and oxygen atoms in total. The van der Waals surface area contributed by atoms with Crippen LogP contribution in [0.3, 0.4) is 0 Å². The second-order valence-corrected chi connectivity index (χ2v) is 13.5. The molecule has 7 heteroatoms. The van der Waals surface area contributed by atoms with Crippen LogP contribution in [-0.2, 0) is 22.0 Å². The molecule has 0 saturated carbocycles. The Kier molecular flexibility index (Phi) is 6.80. The summed E-state index contributed by atoms with van der Waals surface area (Å²) in [6.07, 6.45) is 1.48. The number of rotatable bonds is 3. The van der Waals surface area contributed by atoms with E-state index in [1.54, 1.807) is 0 Å². The lowest BCUT2D eigenvalue weighted by Gasteiger charge is -2.42. The number of ether oxygens (including phenoxy) is 2. The van der Waals surface area contributed by atoms with Gasteiger partial charge in [-0.2, -0.15) is 0 Å². The van der Waals surface area contributed by atoms with E-state index in [2.05, 4.69) is 33.9 Å². The van der Waals surface area contributed by atoms with Gasteiger partial charge in [-0.25, -0.2) is 4.79 Å². The van der Waals surface area contributed by atoms with Gasteiger partial charge in [0.25, 0.3) is 0 Å². The van der Waals surface area contributed by atoms with E-state index in [4.69, 9.17) is 13.9 Å². The topological polar surface area (TPSA) is 68.2 Å². The molecule has 2 aliphatic heterocycles. The Balaban J connectivity index is 1.95. The Morgan fingerprint density at radius 2 is 1.84 bits per heavy atom. The second-order valence-electron chi connectivity index (χ2n) is 11.1. The quantitative estimate of drug-likeness (QED) is 0.671. The van der Waals surface area contributed by atoms with Crippen molar-refractivity contribution in [3.05, 3.63) is 23.3 Å². The maximum absolute atomic E-state index is 12.9. The van der Waals surface area contributed by atoms with Crippen molar-refractivity contribution >= 4 is 20.8 Å². The molecule has 1 N–H and O–H groups in total. The van der Waals surface area contributed by atoms with Crippen LogP contribution in [0.1, 0.15) is 65.5 Å². The molecule has 174 valence electrons. The third kappa shape index (κ3) is 5.44. The Bertz CT molecular complexity index is 811. The summed E-state index contributed by atoms with van der Waals surface area (Å²) in [6, 6.07) is 3.94. The number of benzene rings is 1. The molecular formula is C24H39NO5Si. The highest BCUT2D eigenvalue weighted by atomic mass is 28.3. The summed E-state index contributed by atoms with van der Waals surface area (Å²) in [5.74, 6) is 0.859. The highest BCUT2D eigenvalue weighted by molar-refractivity contribution is 6.48. The average Bonchev–Trinajstić information content (AvgIpc) is 2.62. The number of nitrogens with zero attached hydrogens (tertiary/aromatic N) is 1. The molecule has 1 aromatic rings. The average molecular weight is 450 g/mol. The Morgan fingerprint density at radius 3 is 2.42 bits per heavy atom. The first-order valence-electron chi connectivity index (χ1n) is 11.4. The first-order chi connectivity index (χ1) is 14.3. The highest BCUT2D eigenvalue weighted by Crippen LogP contribution is 2.43. The molecule has 31 heavy (non-hydrogen) atoms. The molecule has 2 aliphatic rings. The Labute approximate surface area is 188 Å². The van der Waals surface area contributed by atoms with Crippen LogP contribution in [0.25, 0.3) is 0 Å². The van der Waals surface area contributed by atoms with Crippen molar-refractivity contribution in [2.24, 2.45) is 5.41 Å². The number of carbonyl (C=O) groups is 1. The number of carbonyl (C=O) groups excluding carboxylic acids is 1. The number of aliphatic hydroxyl groups is 1. The van der Waals surface area contributed by atoms with Crippen molar-refractivity contribution in [3.8, 4) is 5.75 Å². The van der Waals surface area contributed by atoms with Crippen molar-refractivity contribution in [2.75, 3.05) is 4.90 Å². The number of amides is 1. The first-order valence-corrected chi connectivity index (χ1v) is 14.2. The van der Waals surface area contributed by atoms with Gasteiger partial charge in [0.1, 0.15) is 23.7 Å². The van der Waals surface area contributed by atoms with E-state index >= 15 is 0 Å². The number of anilines is 1. The van der Waals surface area contributed by atoms with Gasteiger partial charge in [0.05, 0.1) is 11.8 Å². The molecule has 0 aliphatic carbocycles. The molecule has 2 unspecified atom stereocenters. The SMILES string of the molecule is C[SiH](C)OC([C@H]1CCc2ccc3c(c2O1)CCC(O)N3C(=O)OC(C)(C)C)C(C)(C)C. The second kappa shape index (κ2) is 8.75. The molecule has 0 fully saturated rings. The van der Waals surface area contributed by atoms with Crippen molar-refractivity contribution in [3.63, 3.8) is 0 Å². The molecular weight excluding hydrogens is 410 g/mol. The fourth-order valence-corrected chi connectivity index (χ4v) is 5.60. The zero-order chi connectivity index (χ0) is 23.1. The van der Waals surface area contributed by atoms with E-state index in [1.165, 1.54) is 4.90 Å². The normalized spacial score (nSPS) is 22.5. The monoisotopic (exact) mass is 449 g/mol. The predicted octanol–water partition coefficient (Wildman–Crippen LogP) is 4.80. The maximum Gasteiger partial charge on any atom is 0.416 e. The van der Waals surface area contributed by atoms with Crippen LogP contribution in [-0.4, -0.2) is 44.3 Å². The summed E-state index contributed by atoms with van der Waals surface area (Å²) in [5.41, 5.74) is 2.14. The lowest BCUT2D eigenvalue weighted by molar-refractivity contribution is -0.0244. The Morgan fingerprint density at radius 1 is 1.16 bits per heavy atom. The van der Waals surface area contributed by atoms with Crippen molar-refractivity contribution in [1.29, 1.82) is 0 Å². The lowest BCUT2D eigenvalue weighted by atomic mass is 9.82. The minimum absolute atomic E-state index is 0.0133. The van der Waals surface area contributed by atoms with E-state index in [1.807, 2.05) is 32.9 Å². The Hall–Kier alpha value is -1.57. The van der Waals surface area contributed by atoms with Gasteiger partial charge in [0.15, 0.2) is 9.04 Å². The van der Waals surface area contributed by atoms with E-state index < -0.39 is 27.0 Å². The summed E-state index contributed by atoms with van der Waals surface area (Å²) in [5, 5.41) is 10.6. The predicted molar refractivity (Wildman–Crippen MR) is 125 cm³/mol. The van der Waals surface area contributed by atoms with E-state index in [0.29, 0.717) is 18.5 Å². The maximum atomic E-state index is 12.9. The van der Waals surface area contributed by atoms with Gasteiger partial charge in [-0.15, -0.1) is 0 Å². The number of aliphatic hydroxyl groups excluding tert-OH is 1.